The van der Waals surface area contributed by atoms with Crippen LogP contribution in [0.1, 0.15) is 51.6 Å². The third kappa shape index (κ3) is 4.58. The fourth-order valence-electron chi connectivity index (χ4n) is 2.62. The second-order valence-corrected chi connectivity index (χ2v) is 5.96. The molecule has 1 fully saturated rings. The third-order valence-electron chi connectivity index (χ3n) is 3.71. The lowest BCUT2D eigenvalue weighted by molar-refractivity contribution is -0.137. The van der Waals surface area contributed by atoms with Crippen molar-refractivity contribution in [3.63, 3.8) is 0 Å². The zero-order valence-corrected chi connectivity index (χ0v) is 12.9. The number of ether oxygens (including phenoxy) is 2. The van der Waals surface area contributed by atoms with Gasteiger partial charge >= 0.3 is 0 Å². The van der Waals surface area contributed by atoms with Gasteiger partial charge < -0.3 is 14.8 Å². The average Bonchev–Trinajstić information content (AvgIpc) is 2.79. The summed E-state index contributed by atoms with van der Waals surface area (Å²) < 4.78 is 11.5. The molecule has 1 N–H and O–H groups in total. The maximum Gasteiger partial charge on any atom is 0.163 e. The minimum Gasteiger partial charge on any atom is -0.348 e. The maximum atomic E-state index is 5.85. The van der Waals surface area contributed by atoms with Crippen LogP contribution in [0.2, 0.25) is 0 Å². The highest BCUT2D eigenvalue weighted by atomic mass is 16.7. The Morgan fingerprint density at radius 2 is 2.05 bits per heavy atom. The van der Waals surface area contributed by atoms with Crippen LogP contribution in [0.25, 0.3) is 0 Å². The van der Waals surface area contributed by atoms with Crippen molar-refractivity contribution in [3.8, 4) is 0 Å². The summed E-state index contributed by atoms with van der Waals surface area (Å²) >= 11 is 0. The molecule has 1 aliphatic heterocycles. The second-order valence-electron chi connectivity index (χ2n) is 5.96. The summed E-state index contributed by atoms with van der Waals surface area (Å²) in [7, 11) is 0. The van der Waals surface area contributed by atoms with E-state index in [1.54, 1.807) is 0 Å². The SMILES string of the molecule is CCCCC(NCC1COC(C)(C)O1)c1ccccc1. The molecule has 0 spiro atoms. The molecule has 1 heterocycles. The van der Waals surface area contributed by atoms with Crippen molar-refractivity contribution in [3.05, 3.63) is 35.9 Å². The molecule has 1 saturated heterocycles. The van der Waals surface area contributed by atoms with E-state index in [-0.39, 0.29) is 6.10 Å². The van der Waals surface area contributed by atoms with E-state index in [9.17, 15) is 0 Å². The van der Waals surface area contributed by atoms with E-state index < -0.39 is 5.79 Å². The minimum atomic E-state index is -0.433. The molecule has 1 aliphatic rings. The molecule has 112 valence electrons. The summed E-state index contributed by atoms with van der Waals surface area (Å²) in [5.41, 5.74) is 1.36. The van der Waals surface area contributed by atoms with Gasteiger partial charge in [-0.1, -0.05) is 50.1 Å². The first kappa shape index (κ1) is 15.5. The standard InChI is InChI=1S/C17H27NO2/c1-4-5-11-16(14-9-7-6-8-10-14)18-12-15-13-19-17(2,3)20-15/h6-10,15-16,18H,4-5,11-13H2,1-3H3. The van der Waals surface area contributed by atoms with Crippen LogP contribution in [0.5, 0.6) is 0 Å². The van der Waals surface area contributed by atoms with Gasteiger partial charge in [0.1, 0.15) is 0 Å². The van der Waals surface area contributed by atoms with Crippen molar-refractivity contribution in [2.75, 3.05) is 13.2 Å². The first-order valence-corrected chi connectivity index (χ1v) is 7.71. The summed E-state index contributed by atoms with van der Waals surface area (Å²) in [4.78, 5) is 0. The van der Waals surface area contributed by atoms with Crippen molar-refractivity contribution < 1.29 is 9.47 Å². The molecule has 0 radical (unpaired) electrons. The summed E-state index contributed by atoms with van der Waals surface area (Å²) in [6, 6.07) is 11.1. The zero-order chi connectivity index (χ0) is 14.4. The molecule has 0 aromatic heterocycles. The molecular weight excluding hydrogens is 250 g/mol. The molecule has 3 heteroatoms. The Balaban J connectivity index is 1.88. The molecule has 0 aliphatic carbocycles. The van der Waals surface area contributed by atoms with Crippen molar-refractivity contribution in [2.24, 2.45) is 0 Å². The molecule has 0 amide bonds. The lowest BCUT2D eigenvalue weighted by atomic mass is 10.0. The number of unbranched alkanes of at least 4 members (excludes halogenated alkanes) is 1. The third-order valence-corrected chi connectivity index (χ3v) is 3.71. The molecule has 2 atom stereocenters. The van der Waals surface area contributed by atoms with E-state index in [4.69, 9.17) is 9.47 Å². The number of rotatable bonds is 7. The molecule has 0 saturated carbocycles. The summed E-state index contributed by atoms with van der Waals surface area (Å²) in [6.07, 6.45) is 3.77. The van der Waals surface area contributed by atoms with Gasteiger partial charge in [-0.15, -0.1) is 0 Å². The average molecular weight is 277 g/mol. The minimum absolute atomic E-state index is 0.151. The molecule has 1 aromatic carbocycles. The van der Waals surface area contributed by atoms with Gasteiger partial charge in [-0.25, -0.2) is 0 Å². The van der Waals surface area contributed by atoms with Crippen LogP contribution in [-0.4, -0.2) is 25.0 Å². The van der Waals surface area contributed by atoms with E-state index in [2.05, 4.69) is 42.6 Å². The number of benzene rings is 1. The van der Waals surface area contributed by atoms with Gasteiger partial charge in [0.2, 0.25) is 0 Å². The predicted octanol–water partition coefficient (Wildman–Crippen LogP) is 3.66. The topological polar surface area (TPSA) is 30.5 Å². The Morgan fingerprint density at radius 3 is 2.65 bits per heavy atom. The van der Waals surface area contributed by atoms with Crippen LogP contribution >= 0.6 is 0 Å². The van der Waals surface area contributed by atoms with Crippen molar-refractivity contribution >= 4 is 0 Å². The smallest absolute Gasteiger partial charge is 0.163 e. The van der Waals surface area contributed by atoms with E-state index in [1.165, 1.54) is 18.4 Å². The quantitative estimate of drug-likeness (QED) is 0.825. The Labute approximate surface area is 122 Å². The van der Waals surface area contributed by atoms with Gasteiger partial charge in [0.15, 0.2) is 5.79 Å². The van der Waals surface area contributed by atoms with Gasteiger partial charge in [0.25, 0.3) is 0 Å². The summed E-state index contributed by atoms with van der Waals surface area (Å²) in [5, 5.41) is 3.65. The first-order valence-electron chi connectivity index (χ1n) is 7.71. The fraction of sp³-hybridized carbons (Fsp3) is 0.647. The normalized spacial score (nSPS) is 22.9. The van der Waals surface area contributed by atoms with Crippen LogP contribution in [0.4, 0.5) is 0 Å². The Morgan fingerprint density at radius 1 is 1.30 bits per heavy atom. The van der Waals surface area contributed by atoms with Gasteiger partial charge in [-0.2, -0.15) is 0 Å². The first-order chi connectivity index (χ1) is 9.61. The van der Waals surface area contributed by atoms with Crippen LogP contribution in [0.3, 0.4) is 0 Å². The van der Waals surface area contributed by atoms with Crippen LogP contribution in [0.15, 0.2) is 30.3 Å². The molecule has 2 rings (SSSR count). The van der Waals surface area contributed by atoms with E-state index >= 15 is 0 Å². The van der Waals surface area contributed by atoms with Crippen molar-refractivity contribution in [2.45, 2.75) is 58.0 Å². The van der Waals surface area contributed by atoms with Crippen molar-refractivity contribution in [1.82, 2.24) is 5.32 Å². The highest BCUT2D eigenvalue weighted by molar-refractivity contribution is 5.18. The van der Waals surface area contributed by atoms with Crippen LogP contribution < -0.4 is 5.32 Å². The Hall–Kier alpha value is -0.900. The summed E-state index contributed by atoms with van der Waals surface area (Å²) in [6.45, 7) is 7.69. The molecule has 20 heavy (non-hydrogen) atoms. The monoisotopic (exact) mass is 277 g/mol. The maximum absolute atomic E-state index is 5.85. The highest BCUT2D eigenvalue weighted by Gasteiger charge is 2.32. The fourth-order valence-corrected chi connectivity index (χ4v) is 2.62. The van der Waals surface area contributed by atoms with Crippen LogP contribution in [-0.2, 0) is 9.47 Å². The Bertz CT molecular complexity index is 391. The van der Waals surface area contributed by atoms with E-state index in [0.29, 0.717) is 12.6 Å². The predicted molar refractivity (Wildman–Crippen MR) is 81.6 cm³/mol. The van der Waals surface area contributed by atoms with Gasteiger partial charge in [0, 0.05) is 12.6 Å². The number of hydrogen-bond acceptors (Lipinski definition) is 3. The molecule has 2 unspecified atom stereocenters. The van der Waals surface area contributed by atoms with Crippen molar-refractivity contribution in [1.29, 1.82) is 0 Å². The number of nitrogens with one attached hydrogen (secondary N) is 1. The highest BCUT2D eigenvalue weighted by Crippen LogP contribution is 2.23. The molecule has 0 bridgehead atoms. The summed E-state index contributed by atoms with van der Waals surface area (Å²) in [5.74, 6) is -0.433. The second kappa shape index (κ2) is 7.21. The van der Waals surface area contributed by atoms with Gasteiger partial charge in [-0.3, -0.25) is 0 Å². The Kier molecular flexibility index (Phi) is 5.58. The number of hydrogen-bond donors (Lipinski definition) is 1. The van der Waals surface area contributed by atoms with E-state index in [1.807, 2.05) is 13.8 Å². The zero-order valence-electron chi connectivity index (χ0n) is 12.9. The lowest BCUT2D eigenvalue weighted by Crippen LogP contribution is -2.33. The van der Waals surface area contributed by atoms with Gasteiger partial charge in [0.05, 0.1) is 12.7 Å². The molecular formula is C17H27NO2. The van der Waals surface area contributed by atoms with Crippen LogP contribution in [0, 0.1) is 0 Å². The molecule has 1 aromatic rings. The lowest BCUT2D eigenvalue weighted by Gasteiger charge is -2.22. The molecule has 3 nitrogen and oxygen atoms in total. The van der Waals surface area contributed by atoms with Gasteiger partial charge in [-0.05, 0) is 25.8 Å². The van der Waals surface area contributed by atoms with E-state index in [0.717, 1.165) is 13.0 Å². The largest absolute Gasteiger partial charge is 0.348 e.